The Labute approximate surface area is 128 Å². The van der Waals surface area contributed by atoms with E-state index in [2.05, 4.69) is 5.32 Å². The van der Waals surface area contributed by atoms with Gasteiger partial charge in [0, 0.05) is 17.6 Å². The molecule has 2 atom stereocenters. The van der Waals surface area contributed by atoms with Gasteiger partial charge in [0.2, 0.25) is 5.91 Å². The van der Waals surface area contributed by atoms with Crippen molar-refractivity contribution in [1.82, 2.24) is 0 Å². The quantitative estimate of drug-likeness (QED) is 0.881. The molecule has 0 saturated carbocycles. The summed E-state index contributed by atoms with van der Waals surface area (Å²) in [6, 6.07) is 13.5. The smallest absolute Gasteiger partial charge is 0.228 e. The van der Waals surface area contributed by atoms with Crippen LogP contribution in [0.2, 0.25) is 0 Å². The summed E-state index contributed by atoms with van der Waals surface area (Å²) in [5, 5.41) is 16.1. The zero-order valence-electron chi connectivity index (χ0n) is 12.0. The fourth-order valence-electron chi connectivity index (χ4n) is 2.87. The maximum absolute atomic E-state index is 12.4. The van der Waals surface area contributed by atoms with Crippen molar-refractivity contribution in [2.75, 3.05) is 5.32 Å². The van der Waals surface area contributed by atoms with Crippen molar-refractivity contribution in [1.29, 1.82) is 0 Å². The summed E-state index contributed by atoms with van der Waals surface area (Å²) in [5.74, 6) is -2.77. The molecule has 0 unspecified atom stereocenters. The van der Waals surface area contributed by atoms with E-state index < -0.39 is 17.8 Å². The van der Waals surface area contributed by atoms with Crippen LogP contribution < -0.4 is 10.4 Å². The topological polar surface area (TPSA) is 69.2 Å². The molecule has 4 heteroatoms. The van der Waals surface area contributed by atoms with Crippen LogP contribution in [0.5, 0.6) is 0 Å². The van der Waals surface area contributed by atoms with Crippen molar-refractivity contribution in [3.05, 3.63) is 54.6 Å². The van der Waals surface area contributed by atoms with Gasteiger partial charge in [0.05, 0.1) is 5.92 Å². The molecule has 0 aromatic heterocycles. The monoisotopic (exact) mass is 294 g/mol. The average Bonchev–Trinajstić information content (AvgIpc) is 2.54. The van der Waals surface area contributed by atoms with E-state index in [9.17, 15) is 14.7 Å². The van der Waals surface area contributed by atoms with Gasteiger partial charge < -0.3 is 15.2 Å². The van der Waals surface area contributed by atoms with Crippen molar-refractivity contribution < 1.29 is 14.7 Å². The minimum atomic E-state index is -1.16. The number of carbonyl (C=O) groups excluding carboxylic acids is 2. The molecule has 0 bridgehead atoms. The highest BCUT2D eigenvalue weighted by molar-refractivity contribution is 5.97. The van der Waals surface area contributed by atoms with Crippen LogP contribution in [0.25, 0.3) is 10.8 Å². The average molecular weight is 294 g/mol. The number of aliphatic carboxylic acids is 1. The van der Waals surface area contributed by atoms with Crippen molar-refractivity contribution in [2.45, 2.75) is 12.8 Å². The van der Waals surface area contributed by atoms with E-state index in [4.69, 9.17) is 0 Å². The number of hydrogen-bond donors (Lipinski definition) is 1. The first-order valence-electron chi connectivity index (χ1n) is 7.30. The summed E-state index contributed by atoms with van der Waals surface area (Å²) in [7, 11) is 0. The summed E-state index contributed by atoms with van der Waals surface area (Å²) in [6.07, 6.45) is 4.42. The van der Waals surface area contributed by atoms with Gasteiger partial charge in [-0.2, -0.15) is 0 Å². The third-order valence-corrected chi connectivity index (χ3v) is 4.09. The van der Waals surface area contributed by atoms with Crippen molar-refractivity contribution >= 4 is 28.3 Å². The number of carboxylic acids is 1. The standard InChI is InChI=1S/C18H17NO3/c20-17(15-7-3-4-8-16(15)18(21)22)19-14-10-9-12-5-1-2-6-13(12)11-14/h1-6,9-11,15-16H,7-8H2,(H,19,20)(H,21,22)/p-1/t15-,16+/m0/s1. The van der Waals surface area contributed by atoms with Gasteiger partial charge >= 0.3 is 0 Å². The van der Waals surface area contributed by atoms with Crippen LogP contribution in [0.3, 0.4) is 0 Å². The van der Waals surface area contributed by atoms with Gasteiger partial charge in [0.1, 0.15) is 0 Å². The molecule has 0 aliphatic heterocycles. The number of nitrogens with one attached hydrogen (secondary N) is 1. The molecule has 112 valence electrons. The molecule has 1 N–H and O–H groups in total. The lowest BCUT2D eigenvalue weighted by Gasteiger charge is -2.28. The number of amides is 1. The molecule has 1 amide bonds. The van der Waals surface area contributed by atoms with E-state index in [1.165, 1.54) is 0 Å². The Kier molecular flexibility index (Phi) is 3.92. The van der Waals surface area contributed by atoms with Crippen LogP contribution >= 0.6 is 0 Å². The molecular formula is C18H16NO3-. The SMILES string of the molecule is O=C(Nc1ccc2ccccc2c1)[C@H]1CC=CC[C@H]1C(=O)[O-]. The number of carboxylic acid groups (broad SMARTS) is 1. The molecule has 22 heavy (non-hydrogen) atoms. The second kappa shape index (κ2) is 6.02. The van der Waals surface area contributed by atoms with Crippen LogP contribution in [0, 0.1) is 11.8 Å². The van der Waals surface area contributed by atoms with E-state index in [1.807, 2.05) is 48.5 Å². The van der Waals surface area contributed by atoms with Gasteiger partial charge in [0.15, 0.2) is 0 Å². The second-order valence-electron chi connectivity index (χ2n) is 5.53. The van der Waals surface area contributed by atoms with Crippen LogP contribution in [-0.4, -0.2) is 11.9 Å². The van der Waals surface area contributed by atoms with Crippen molar-refractivity contribution in [2.24, 2.45) is 11.8 Å². The second-order valence-corrected chi connectivity index (χ2v) is 5.53. The maximum Gasteiger partial charge on any atom is 0.228 e. The summed E-state index contributed by atoms with van der Waals surface area (Å²) in [6.45, 7) is 0. The summed E-state index contributed by atoms with van der Waals surface area (Å²) in [5.41, 5.74) is 0.676. The lowest BCUT2D eigenvalue weighted by molar-refractivity contribution is -0.313. The van der Waals surface area contributed by atoms with Crippen LogP contribution in [0.1, 0.15) is 12.8 Å². The van der Waals surface area contributed by atoms with Gasteiger partial charge in [-0.05, 0) is 35.7 Å². The van der Waals surface area contributed by atoms with E-state index in [0.29, 0.717) is 18.5 Å². The minimum Gasteiger partial charge on any atom is -0.550 e. The first-order chi connectivity index (χ1) is 10.6. The van der Waals surface area contributed by atoms with Crippen LogP contribution in [0.4, 0.5) is 5.69 Å². The van der Waals surface area contributed by atoms with Gasteiger partial charge in [-0.3, -0.25) is 4.79 Å². The summed E-state index contributed by atoms with van der Waals surface area (Å²) < 4.78 is 0. The lowest BCUT2D eigenvalue weighted by atomic mass is 9.82. The highest BCUT2D eigenvalue weighted by atomic mass is 16.4. The zero-order chi connectivity index (χ0) is 15.5. The fourth-order valence-corrected chi connectivity index (χ4v) is 2.87. The molecule has 0 fully saturated rings. The van der Waals surface area contributed by atoms with Crippen molar-refractivity contribution in [3.8, 4) is 0 Å². The van der Waals surface area contributed by atoms with E-state index >= 15 is 0 Å². The van der Waals surface area contributed by atoms with Gasteiger partial charge in [-0.1, -0.05) is 42.5 Å². The van der Waals surface area contributed by atoms with Gasteiger partial charge in [-0.25, -0.2) is 0 Å². The molecule has 2 aromatic carbocycles. The number of rotatable bonds is 3. The Morgan fingerprint density at radius 3 is 2.36 bits per heavy atom. The number of hydrogen-bond acceptors (Lipinski definition) is 3. The third kappa shape index (κ3) is 2.86. The van der Waals surface area contributed by atoms with E-state index in [1.54, 1.807) is 6.08 Å². The maximum atomic E-state index is 12.4. The fraction of sp³-hybridized carbons (Fsp3) is 0.222. The molecule has 0 spiro atoms. The molecule has 0 heterocycles. The largest absolute Gasteiger partial charge is 0.550 e. The molecular weight excluding hydrogens is 278 g/mol. The molecule has 1 aliphatic carbocycles. The predicted molar refractivity (Wildman–Crippen MR) is 82.9 cm³/mol. The molecule has 4 nitrogen and oxygen atoms in total. The van der Waals surface area contributed by atoms with Crippen LogP contribution in [-0.2, 0) is 9.59 Å². The van der Waals surface area contributed by atoms with E-state index in [0.717, 1.165) is 10.8 Å². The first-order valence-corrected chi connectivity index (χ1v) is 7.30. The molecule has 0 saturated heterocycles. The Bertz CT molecular complexity index is 751. The van der Waals surface area contributed by atoms with Gasteiger partial charge in [-0.15, -0.1) is 0 Å². The van der Waals surface area contributed by atoms with Gasteiger partial charge in [0.25, 0.3) is 0 Å². The summed E-state index contributed by atoms with van der Waals surface area (Å²) in [4.78, 5) is 23.6. The Morgan fingerprint density at radius 1 is 0.955 bits per heavy atom. The number of carbonyl (C=O) groups is 2. The van der Waals surface area contributed by atoms with Crippen LogP contribution in [0.15, 0.2) is 54.6 Å². The lowest BCUT2D eigenvalue weighted by Crippen LogP contribution is -2.41. The van der Waals surface area contributed by atoms with Crippen molar-refractivity contribution in [3.63, 3.8) is 0 Å². The zero-order valence-corrected chi connectivity index (χ0v) is 12.0. The number of anilines is 1. The van der Waals surface area contributed by atoms with E-state index in [-0.39, 0.29) is 5.91 Å². The number of benzene rings is 2. The Hall–Kier alpha value is -2.62. The molecule has 2 aromatic rings. The predicted octanol–water partition coefficient (Wildman–Crippen LogP) is 2.11. The highest BCUT2D eigenvalue weighted by Gasteiger charge is 2.29. The first kappa shape index (κ1) is 14.3. The molecule has 1 aliphatic rings. The Balaban J connectivity index is 1.80. The number of allylic oxidation sites excluding steroid dienone is 2. The molecule has 0 radical (unpaired) electrons. The Morgan fingerprint density at radius 2 is 1.64 bits per heavy atom. The normalized spacial score (nSPS) is 20.7. The summed E-state index contributed by atoms with van der Waals surface area (Å²) >= 11 is 0. The third-order valence-electron chi connectivity index (χ3n) is 4.09. The molecule has 3 rings (SSSR count). The minimum absolute atomic E-state index is 0.270. The highest BCUT2D eigenvalue weighted by Crippen LogP contribution is 2.27. The number of fused-ring (bicyclic) bond motifs is 1.